The molecule has 1 saturated carbocycles. The molecule has 3 nitrogen and oxygen atoms in total. The molecule has 0 spiro atoms. The number of rotatable bonds is 5. The van der Waals surface area contributed by atoms with Gasteiger partial charge in [-0.2, -0.15) is 0 Å². The van der Waals surface area contributed by atoms with E-state index in [1.165, 1.54) is 32.1 Å². The summed E-state index contributed by atoms with van der Waals surface area (Å²) in [6, 6.07) is 8.19. The van der Waals surface area contributed by atoms with Gasteiger partial charge in [0.1, 0.15) is 6.61 Å². The van der Waals surface area contributed by atoms with Gasteiger partial charge in [-0.05, 0) is 59.5 Å². The van der Waals surface area contributed by atoms with Crippen LogP contribution in [0.3, 0.4) is 0 Å². The van der Waals surface area contributed by atoms with Gasteiger partial charge in [-0.15, -0.1) is 0 Å². The average molecular weight is 401 g/mol. The van der Waals surface area contributed by atoms with E-state index in [2.05, 4.69) is 34.8 Å². The Labute approximate surface area is 141 Å². The Morgan fingerprint density at radius 3 is 2.86 bits per heavy atom. The molecule has 4 heteroatoms. The minimum absolute atomic E-state index is 0.191. The van der Waals surface area contributed by atoms with Gasteiger partial charge in [-0.25, -0.2) is 4.79 Å². The zero-order valence-electron chi connectivity index (χ0n) is 12.6. The number of amides is 1. The van der Waals surface area contributed by atoms with E-state index in [0.717, 1.165) is 21.5 Å². The Morgan fingerprint density at radius 1 is 1.38 bits per heavy atom. The molecule has 116 valence electrons. The molecule has 0 radical (unpaired) electrons. The van der Waals surface area contributed by atoms with Crippen LogP contribution in [-0.4, -0.2) is 12.1 Å². The second kappa shape index (κ2) is 8.61. The molecule has 1 N–H and O–H groups in total. The predicted molar refractivity (Wildman–Crippen MR) is 93.1 cm³/mol. The normalized spacial score (nSPS) is 17.2. The van der Waals surface area contributed by atoms with Crippen molar-refractivity contribution in [3.63, 3.8) is 0 Å². The minimum Gasteiger partial charge on any atom is -0.445 e. The van der Waals surface area contributed by atoms with E-state index < -0.39 is 0 Å². The first-order valence-corrected chi connectivity index (χ1v) is 8.89. The zero-order chi connectivity index (χ0) is 15.1. The zero-order valence-corrected chi connectivity index (χ0v) is 14.8. The van der Waals surface area contributed by atoms with Crippen molar-refractivity contribution in [2.75, 3.05) is 0 Å². The minimum atomic E-state index is -0.308. The molecule has 1 aliphatic rings. The summed E-state index contributed by atoms with van der Waals surface area (Å²) in [5, 5.41) is 2.95. The fourth-order valence-corrected chi connectivity index (χ4v) is 3.61. The van der Waals surface area contributed by atoms with Crippen LogP contribution in [0.1, 0.15) is 51.0 Å². The molecule has 1 aromatic carbocycles. The molecule has 21 heavy (non-hydrogen) atoms. The van der Waals surface area contributed by atoms with Gasteiger partial charge in [0.15, 0.2) is 0 Å². The van der Waals surface area contributed by atoms with E-state index in [4.69, 9.17) is 4.74 Å². The van der Waals surface area contributed by atoms with Crippen molar-refractivity contribution >= 4 is 28.7 Å². The molecule has 0 unspecified atom stereocenters. The van der Waals surface area contributed by atoms with Crippen molar-refractivity contribution in [2.24, 2.45) is 5.92 Å². The maximum atomic E-state index is 11.8. The Hall–Kier alpha value is -0.780. The van der Waals surface area contributed by atoms with E-state index >= 15 is 0 Å². The van der Waals surface area contributed by atoms with Crippen LogP contribution in [0, 0.1) is 9.49 Å². The summed E-state index contributed by atoms with van der Waals surface area (Å²) in [7, 11) is 0. The van der Waals surface area contributed by atoms with Crippen molar-refractivity contribution in [3.05, 3.63) is 33.4 Å². The lowest BCUT2D eigenvalue weighted by Gasteiger charge is -2.24. The first-order valence-electron chi connectivity index (χ1n) is 7.81. The quantitative estimate of drug-likeness (QED) is 0.715. The van der Waals surface area contributed by atoms with Gasteiger partial charge in [0.2, 0.25) is 0 Å². The van der Waals surface area contributed by atoms with Crippen molar-refractivity contribution in [1.82, 2.24) is 5.32 Å². The summed E-state index contributed by atoms with van der Waals surface area (Å²) in [6.07, 6.45) is 7.43. The number of ether oxygens (including phenoxy) is 1. The Morgan fingerprint density at radius 2 is 2.14 bits per heavy atom. The van der Waals surface area contributed by atoms with Gasteiger partial charge >= 0.3 is 6.09 Å². The highest BCUT2D eigenvalue weighted by Gasteiger charge is 2.17. The number of alkyl carbamates (subject to hydrolysis) is 1. The highest BCUT2D eigenvalue weighted by molar-refractivity contribution is 14.1. The van der Waals surface area contributed by atoms with Gasteiger partial charge in [0.25, 0.3) is 0 Å². The first-order chi connectivity index (χ1) is 10.1. The number of nitrogens with one attached hydrogen (secondary N) is 1. The van der Waals surface area contributed by atoms with Crippen LogP contribution in [0.25, 0.3) is 0 Å². The van der Waals surface area contributed by atoms with Crippen LogP contribution in [-0.2, 0) is 11.3 Å². The molecule has 0 bridgehead atoms. The molecule has 0 aliphatic heterocycles. The van der Waals surface area contributed by atoms with Crippen molar-refractivity contribution < 1.29 is 9.53 Å². The number of halogens is 1. The third kappa shape index (κ3) is 6.24. The standard InChI is InChI=1S/C17H24INO2/c1-13(10-14-6-3-2-4-7-14)19-17(20)21-12-15-8-5-9-16(18)11-15/h5,8-9,11,13-14H,2-4,6-7,10,12H2,1H3,(H,19,20)/t13-/m0/s1. The van der Waals surface area contributed by atoms with Crippen LogP contribution < -0.4 is 5.32 Å². The molecular weight excluding hydrogens is 377 g/mol. The van der Waals surface area contributed by atoms with E-state index in [-0.39, 0.29) is 12.1 Å². The third-order valence-corrected chi connectivity index (χ3v) is 4.71. The smallest absolute Gasteiger partial charge is 0.407 e. The molecule has 1 amide bonds. The maximum Gasteiger partial charge on any atom is 0.407 e. The molecule has 0 heterocycles. The SMILES string of the molecule is C[C@@H](CC1CCCCC1)NC(=O)OCc1cccc(I)c1. The lowest BCUT2D eigenvalue weighted by atomic mass is 9.85. The molecule has 1 atom stereocenters. The molecule has 1 aliphatic carbocycles. The highest BCUT2D eigenvalue weighted by atomic mass is 127. The Bertz CT molecular complexity index is 458. The number of hydrogen-bond acceptors (Lipinski definition) is 2. The largest absolute Gasteiger partial charge is 0.445 e. The van der Waals surface area contributed by atoms with E-state index in [1.807, 2.05) is 24.3 Å². The monoisotopic (exact) mass is 401 g/mol. The second-order valence-electron chi connectivity index (χ2n) is 5.99. The number of carbonyl (C=O) groups excluding carboxylic acids is 1. The maximum absolute atomic E-state index is 11.8. The molecular formula is C17H24INO2. The molecule has 2 rings (SSSR count). The number of carbonyl (C=O) groups is 1. The summed E-state index contributed by atoms with van der Waals surface area (Å²) < 4.78 is 6.44. The van der Waals surface area contributed by atoms with Gasteiger partial charge in [0.05, 0.1) is 0 Å². The van der Waals surface area contributed by atoms with Crippen molar-refractivity contribution in [3.8, 4) is 0 Å². The Kier molecular flexibility index (Phi) is 6.80. The lowest BCUT2D eigenvalue weighted by molar-refractivity contribution is 0.134. The van der Waals surface area contributed by atoms with Gasteiger partial charge in [-0.3, -0.25) is 0 Å². The van der Waals surface area contributed by atoms with Gasteiger partial charge in [-0.1, -0.05) is 44.2 Å². The molecule has 0 saturated heterocycles. The summed E-state index contributed by atoms with van der Waals surface area (Å²) in [5.41, 5.74) is 1.02. The van der Waals surface area contributed by atoms with Crippen LogP contribution >= 0.6 is 22.6 Å². The fourth-order valence-electron chi connectivity index (χ4n) is 3.00. The van der Waals surface area contributed by atoms with Crippen molar-refractivity contribution in [2.45, 2.75) is 58.1 Å². The molecule has 1 aromatic rings. The molecule has 0 aromatic heterocycles. The predicted octanol–water partition coefficient (Wildman–Crippen LogP) is 4.88. The third-order valence-electron chi connectivity index (χ3n) is 4.03. The topological polar surface area (TPSA) is 38.3 Å². The molecule has 1 fully saturated rings. The van der Waals surface area contributed by atoms with Gasteiger partial charge < -0.3 is 10.1 Å². The van der Waals surface area contributed by atoms with Crippen LogP contribution in [0.2, 0.25) is 0 Å². The number of hydrogen-bond donors (Lipinski definition) is 1. The van der Waals surface area contributed by atoms with Crippen LogP contribution in [0.5, 0.6) is 0 Å². The van der Waals surface area contributed by atoms with E-state index in [9.17, 15) is 4.79 Å². The first kappa shape index (κ1) is 16.6. The van der Waals surface area contributed by atoms with Crippen LogP contribution in [0.4, 0.5) is 4.79 Å². The summed E-state index contributed by atoms with van der Waals surface area (Å²) in [5.74, 6) is 0.768. The van der Waals surface area contributed by atoms with Gasteiger partial charge in [0, 0.05) is 9.61 Å². The Balaban J connectivity index is 1.68. The average Bonchev–Trinajstić information content (AvgIpc) is 2.46. The summed E-state index contributed by atoms with van der Waals surface area (Å²) >= 11 is 2.26. The van der Waals surface area contributed by atoms with E-state index in [1.54, 1.807) is 0 Å². The second-order valence-corrected chi connectivity index (χ2v) is 7.24. The van der Waals surface area contributed by atoms with Crippen LogP contribution in [0.15, 0.2) is 24.3 Å². The van der Waals surface area contributed by atoms with E-state index in [0.29, 0.717) is 6.61 Å². The lowest BCUT2D eigenvalue weighted by Crippen LogP contribution is -2.34. The van der Waals surface area contributed by atoms with Crippen molar-refractivity contribution in [1.29, 1.82) is 0 Å². The fraction of sp³-hybridized carbons (Fsp3) is 0.588. The summed E-state index contributed by atoms with van der Waals surface area (Å²) in [6.45, 7) is 2.40. The number of benzene rings is 1. The summed E-state index contributed by atoms with van der Waals surface area (Å²) in [4.78, 5) is 11.8. The highest BCUT2D eigenvalue weighted by Crippen LogP contribution is 2.27.